The van der Waals surface area contributed by atoms with Gasteiger partial charge in [0.2, 0.25) is 0 Å². The van der Waals surface area contributed by atoms with E-state index in [0.717, 1.165) is 24.3 Å². The summed E-state index contributed by atoms with van der Waals surface area (Å²) in [6, 6.07) is 0. The smallest absolute Gasteiger partial charge is 0.138 e. The van der Waals surface area contributed by atoms with Crippen molar-refractivity contribution in [3.05, 3.63) is 23.1 Å². The zero-order valence-electron chi connectivity index (χ0n) is 14.2. The first kappa shape index (κ1) is 19.0. The summed E-state index contributed by atoms with van der Waals surface area (Å²) >= 11 is 2.69. The average molecular weight is 437 g/mol. The van der Waals surface area contributed by atoms with Crippen LogP contribution in [0.5, 0.6) is 0 Å². The second kappa shape index (κ2) is 9.25. The maximum Gasteiger partial charge on any atom is 0.138 e. The first-order valence-electron chi connectivity index (χ1n) is 8.50. The Kier molecular flexibility index (Phi) is 7.65. The highest BCUT2D eigenvalue weighted by Gasteiger charge is 2.41. The van der Waals surface area contributed by atoms with Gasteiger partial charge in [-0.25, -0.2) is 0 Å². The van der Waals surface area contributed by atoms with Crippen molar-refractivity contribution in [2.24, 2.45) is 5.92 Å². The third kappa shape index (κ3) is 4.84. The summed E-state index contributed by atoms with van der Waals surface area (Å²) in [6.45, 7) is 5.63. The molecule has 0 amide bonds. The molecule has 2 aliphatic rings. The molecule has 1 unspecified atom stereocenters. The van der Waals surface area contributed by atoms with Crippen LogP contribution < -0.4 is 10.6 Å². The summed E-state index contributed by atoms with van der Waals surface area (Å²) in [5.41, 5.74) is 2.29. The molecule has 0 spiro atoms. The van der Waals surface area contributed by atoms with Crippen molar-refractivity contribution >= 4 is 22.6 Å². The highest BCUT2D eigenvalue weighted by atomic mass is 127. The van der Waals surface area contributed by atoms with Crippen LogP contribution in [0.2, 0.25) is 0 Å². The van der Waals surface area contributed by atoms with Crippen molar-refractivity contribution in [3.63, 3.8) is 0 Å². The minimum Gasteiger partial charge on any atom is -0.489 e. The number of methoxy groups -OCH3 is 1. The molecule has 23 heavy (non-hydrogen) atoms. The van der Waals surface area contributed by atoms with Crippen LogP contribution in [0.4, 0.5) is 0 Å². The molecule has 132 valence electrons. The maximum absolute atomic E-state index is 9.42. The van der Waals surface area contributed by atoms with Crippen LogP contribution >= 0.6 is 22.6 Å². The molecule has 0 bridgehead atoms. The number of hydrogen-bond acceptors (Lipinski definition) is 4. The van der Waals surface area contributed by atoms with E-state index in [1.54, 1.807) is 7.11 Å². The minimum atomic E-state index is -0.0770. The quantitative estimate of drug-likeness (QED) is 0.243. The van der Waals surface area contributed by atoms with Gasteiger partial charge in [0.25, 0.3) is 0 Å². The van der Waals surface area contributed by atoms with Crippen LogP contribution in [0.3, 0.4) is 0 Å². The SMILES string of the molecule is COCCOC1=CCCC(C2(I)CC[NH2+]CC2)C(C)=C1NCO. The fourth-order valence-electron chi connectivity index (χ4n) is 3.69. The highest BCUT2D eigenvalue weighted by Crippen LogP contribution is 2.44. The summed E-state index contributed by atoms with van der Waals surface area (Å²) in [6.07, 6.45) is 6.79. The van der Waals surface area contributed by atoms with Gasteiger partial charge in [-0.05, 0) is 37.3 Å². The van der Waals surface area contributed by atoms with E-state index in [1.807, 2.05) is 0 Å². The molecule has 1 saturated heterocycles. The van der Waals surface area contributed by atoms with Gasteiger partial charge in [0.05, 0.1) is 25.4 Å². The Morgan fingerprint density at radius 1 is 1.39 bits per heavy atom. The number of rotatable bonds is 7. The Hall–Kier alpha value is -0.310. The molecular formula is C17H30IN2O3+. The molecule has 1 heterocycles. The van der Waals surface area contributed by atoms with Crippen molar-refractivity contribution in [2.45, 2.75) is 36.0 Å². The number of allylic oxidation sites excluding steroid dienone is 2. The molecule has 1 aliphatic heterocycles. The Morgan fingerprint density at radius 3 is 2.78 bits per heavy atom. The summed E-state index contributed by atoms with van der Waals surface area (Å²) in [5.74, 6) is 1.38. The zero-order chi connectivity index (χ0) is 16.7. The van der Waals surface area contributed by atoms with Gasteiger partial charge < -0.3 is 25.2 Å². The Balaban J connectivity index is 2.22. The molecule has 0 aromatic carbocycles. The van der Waals surface area contributed by atoms with E-state index in [4.69, 9.17) is 9.47 Å². The summed E-state index contributed by atoms with van der Waals surface area (Å²) < 4.78 is 11.3. The molecule has 4 N–H and O–H groups in total. The lowest BCUT2D eigenvalue weighted by Gasteiger charge is -2.38. The summed E-state index contributed by atoms with van der Waals surface area (Å²) in [4.78, 5) is 0. The topological polar surface area (TPSA) is 67.3 Å². The molecule has 2 rings (SSSR count). The molecule has 0 aromatic rings. The van der Waals surface area contributed by atoms with Gasteiger partial charge in [0.15, 0.2) is 0 Å². The molecule has 1 atom stereocenters. The normalized spacial score (nSPS) is 24.9. The van der Waals surface area contributed by atoms with E-state index in [1.165, 1.54) is 31.5 Å². The van der Waals surface area contributed by atoms with Crippen LogP contribution in [0.1, 0.15) is 32.6 Å². The molecule has 1 fully saturated rings. The van der Waals surface area contributed by atoms with Crippen LogP contribution in [0.25, 0.3) is 0 Å². The van der Waals surface area contributed by atoms with Crippen molar-refractivity contribution < 1.29 is 19.9 Å². The summed E-state index contributed by atoms with van der Waals surface area (Å²) in [5, 5.41) is 15.0. The molecule has 1 aliphatic carbocycles. The van der Waals surface area contributed by atoms with Crippen LogP contribution in [-0.4, -0.2) is 48.7 Å². The number of alkyl halides is 1. The molecule has 6 heteroatoms. The van der Waals surface area contributed by atoms with E-state index in [9.17, 15) is 5.11 Å². The lowest BCUT2D eigenvalue weighted by atomic mass is 9.78. The van der Waals surface area contributed by atoms with Gasteiger partial charge in [-0.1, -0.05) is 22.6 Å². The van der Waals surface area contributed by atoms with Gasteiger partial charge in [-0.2, -0.15) is 0 Å². The number of piperidine rings is 1. The number of ether oxygens (including phenoxy) is 2. The number of nitrogens with two attached hydrogens (primary N) is 1. The third-order valence-corrected chi connectivity index (χ3v) is 6.73. The average Bonchev–Trinajstić information content (AvgIpc) is 2.70. The predicted octanol–water partition coefficient (Wildman–Crippen LogP) is 1.29. The number of aliphatic hydroxyl groups excluding tert-OH is 1. The van der Waals surface area contributed by atoms with Gasteiger partial charge in [0.1, 0.15) is 19.1 Å². The van der Waals surface area contributed by atoms with Gasteiger partial charge >= 0.3 is 0 Å². The first-order chi connectivity index (χ1) is 11.1. The Morgan fingerprint density at radius 2 is 2.13 bits per heavy atom. The molecule has 0 saturated carbocycles. The number of quaternary nitrogens is 1. The standard InChI is InChI=1S/C17H29IN2O3/c1-13-14(17(18)6-8-19-9-7-17)4-3-5-15(16(13)20-12-21)23-11-10-22-2/h5,14,19-21H,3-4,6-12H2,1-2H3/p+1. The number of aliphatic hydroxyl groups is 1. The van der Waals surface area contributed by atoms with Gasteiger partial charge in [0, 0.05) is 23.4 Å². The monoisotopic (exact) mass is 437 g/mol. The van der Waals surface area contributed by atoms with Crippen molar-refractivity contribution in [1.29, 1.82) is 0 Å². The molecule has 5 nitrogen and oxygen atoms in total. The molecule has 0 aromatic heterocycles. The summed E-state index contributed by atoms with van der Waals surface area (Å²) in [7, 11) is 1.68. The minimum absolute atomic E-state index is 0.0770. The maximum atomic E-state index is 9.42. The lowest BCUT2D eigenvalue weighted by molar-refractivity contribution is -0.663. The Labute approximate surface area is 153 Å². The number of nitrogens with one attached hydrogen (secondary N) is 1. The van der Waals surface area contributed by atoms with Crippen LogP contribution in [0.15, 0.2) is 23.1 Å². The van der Waals surface area contributed by atoms with E-state index in [0.29, 0.717) is 22.6 Å². The van der Waals surface area contributed by atoms with Crippen molar-refractivity contribution in [1.82, 2.24) is 5.32 Å². The Bertz CT molecular complexity index is 445. The molecular weight excluding hydrogens is 407 g/mol. The van der Waals surface area contributed by atoms with Crippen molar-refractivity contribution in [3.8, 4) is 0 Å². The lowest BCUT2D eigenvalue weighted by Crippen LogP contribution is -2.87. The zero-order valence-corrected chi connectivity index (χ0v) is 16.4. The fraction of sp³-hybridized carbons (Fsp3) is 0.765. The van der Waals surface area contributed by atoms with Crippen LogP contribution in [0, 0.1) is 5.92 Å². The van der Waals surface area contributed by atoms with Crippen molar-refractivity contribution in [2.75, 3.05) is 40.1 Å². The van der Waals surface area contributed by atoms with E-state index in [2.05, 4.69) is 46.2 Å². The second-order valence-corrected chi connectivity index (χ2v) is 8.48. The largest absolute Gasteiger partial charge is 0.489 e. The highest BCUT2D eigenvalue weighted by molar-refractivity contribution is 14.1. The number of hydrogen-bond donors (Lipinski definition) is 3. The fourth-order valence-corrected chi connectivity index (χ4v) is 5.09. The third-order valence-electron chi connectivity index (χ3n) is 4.90. The predicted molar refractivity (Wildman–Crippen MR) is 99.2 cm³/mol. The van der Waals surface area contributed by atoms with Crippen LogP contribution in [-0.2, 0) is 9.47 Å². The van der Waals surface area contributed by atoms with Gasteiger partial charge in [-0.15, -0.1) is 0 Å². The van der Waals surface area contributed by atoms with E-state index >= 15 is 0 Å². The van der Waals surface area contributed by atoms with E-state index < -0.39 is 0 Å². The first-order valence-corrected chi connectivity index (χ1v) is 9.58. The van der Waals surface area contributed by atoms with E-state index in [-0.39, 0.29) is 6.73 Å². The molecule has 0 radical (unpaired) electrons. The second-order valence-electron chi connectivity index (χ2n) is 6.33. The van der Waals surface area contributed by atoms with Gasteiger partial charge in [-0.3, -0.25) is 0 Å². The number of halogens is 1.